The van der Waals surface area contributed by atoms with Gasteiger partial charge in [-0.3, -0.25) is 9.59 Å². The van der Waals surface area contributed by atoms with Crippen LogP contribution in [0.2, 0.25) is 0 Å². The van der Waals surface area contributed by atoms with Gasteiger partial charge in [0.25, 0.3) is 0 Å². The van der Waals surface area contributed by atoms with E-state index in [1.165, 1.54) is 6.08 Å². The van der Waals surface area contributed by atoms with Gasteiger partial charge in [0.15, 0.2) is 0 Å². The van der Waals surface area contributed by atoms with E-state index in [2.05, 4.69) is 53.4 Å². The van der Waals surface area contributed by atoms with Crippen molar-refractivity contribution in [1.29, 1.82) is 0 Å². The molecule has 0 aliphatic heterocycles. The first kappa shape index (κ1) is 26.6. The Morgan fingerprint density at radius 3 is 2.11 bits per heavy atom. The highest BCUT2D eigenvalue weighted by Gasteiger charge is 2.37. The predicted molar refractivity (Wildman–Crippen MR) is 115 cm³/mol. The van der Waals surface area contributed by atoms with Crippen LogP contribution in [0.25, 0.3) is 0 Å². The smallest absolute Gasteiger partial charge is 0.306 e. The molecule has 2 unspecified atom stereocenters. The summed E-state index contributed by atoms with van der Waals surface area (Å²) in [6, 6.07) is 0. The molecular formula is C23H43NO4. The molecule has 2 N–H and O–H groups in total. The fourth-order valence-corrected chi connectivity index (χ4v) is 3.50. The lowest BCUT2D eigenvalue weighted by molar-refractivity contribution is -0.146. The zero-order valence-corrected chi connectivity index (χ0v) is 19.0. The number of carboxylic acid groups (broad SMARTS) is 1. The van der Waals surface area contributed by atoms with E-state index < -0.39 is 11.9 Å². The highest BCUT2D eigenvalue weighted by molar-refractivity contribution is 5.86. The predicted octanol–water partition coefficient (Wildman–Crippen LogP) is 5.20. The third-order valence-electron chi connectivity index (χ3n) is 6.81. The molecule has 2 atom stereocenters. The van der Waals surface area contributed by atoms with Gasteiger partial charge in [0.2, 0.25) is 5.91 Å². The van der Waals surface area contributed by atoms with Gasteiger partial charge >= 0.3 is 5.97 Å². The van der Waals surface area contributed by atoms with E-state index in [9.17, 15) is 14.7 Å². The van der Waals surface area contributed by atoms with Gasteiger partial charge in [0.05, 0.1) is 12.0 Å². The van der Waals surface area contributed by atoms with E-state index in [4.69, 9.17) is 4.74 Å². The minimum Gasteiger partial charge on any atom is -0.481 e. The number of hydrogen-bond acceptors (Lipinski definition) is 3. The van der Waals surface area contributed by atoms with Crippen LogP contribution in [0.4, 0.5) is 0 Å². The Labute approximate surface area is 172 Å². The third kappa shape index (κ3) is 8.76. The average molecular weight is 398 g/mol. The fraction of sp³-hybridized carbons (Fsp3) is 0.826. The molecular weight excluding hydrogens is 354 g/mol. The molecule has 0 aromatic carbocycles. The molecule has 0 heterocycles. The molecule has 0 spiro atoms. The van der Waals surface area contributed by atoms with Gasteiger partial charge in [-0.2, -0.15) is 0 Å². The molecule has 164 valence electrons. The fourth-order valence-electron chi connectivity index (χ4n) is 3.50. The van der Waals surface area contributed by atoms with Crippen molar-refractivity contribution in [2.75, 3.05) is 13.2 Å². The summed E-state index contributed by atoms with van der Waals surface area (Å²) in [7, 11) is 0. The van der Waals surface area contributed by atoms with Gasteiger partial charge in [0.1, 0.15) is 0 Å². The van der Waals surface area contributed by atoms with Crippen LogP contribution in [0.3, 0.4) is 0 Å². The minimum absolute atomic E-state index is 0.0391. The summed E-state index contributed by atoms with van der Waals surface area (Å²) in [4.78, 5) is 23.3. The van der Waals surface area contributed by atoms with Crippen molar-refractivity contribution in [1.82, 2.24) is 5.32 Å². The van der Waals surface area contributed by atoms with Crippen LogP contribution in [0.1, 0.15) is 86.5 Å². The van der Waals surface area contributed by atoms with E-state index in [0.29, 0.717) is 32.4 Å². The van der Waals surface area contributed by atoms with E-state index in [-0.39, 0.29) is 22.8 Å². The number of amides is 1. The maximum absolute atomic E-state index is 12.0. The van der Waals surface area contributed by atoms with Crippen molar-refractivity contribution in [3.05, 3.63) is 12.7 Å². The number of aliphatic carboxylic acids is 1. The molecule has 28 heavy (non-hydrogen) atoms. The highest BCUT2D eigenvalue weighted by atomic mass is 16.5. The Kier molecular flexibility index (Phi) is 12.3. The Morgan fingerprint density at radius 1 is 1.11 bits per heavy atom. The van der Waals surface area contributed by atoms with Crippen LogP contribution in [0, 0.1) is 16.7 Å². The van der Waals surface area contributed by atoms with Gasteiger partial charge in [-0.15, -0.1) is 0 Å². The molecule has 0 saturated heterocycles. The van der Waals surface area contributed by atoms with E-state index >= 15 is 0 Å². The second kappa shape index (κ2) is 13.0. The second-order valence-corrected chi connectivity index (χ2v) is 8.56. The Hall–Kier alpha value is -1.36. The largest absolute Gasteiger partial charge is 0.481 e. The molecule has 5 nitrogen and oxygen atoms in total. The van der Waals surface area contributed by atoms with E-state index in [0.717, 1.165) is 25.7 Å². The molecule has 5 heteroatoms. The molecule has 0 aromatic rings. The Bertz CT molecular complexity index is 481. The zero-order chi connectivity index (χ0) is 21.8. The lowest BCUT2D eigenvalue weighted by atomic mass is 9.71. The van der Waals surface area contributed by atoms with Crippen LogP contribution in [-0.4, -0.2) is 36.2 Å². The summed E-state index contributed by atoms with van der Waals surface area (Å²) in [5.41, 5.74) is -0.0235. The summed E-state index contributed by atoms with van der Waals surface area (Å²) in [5.74, 6) is -1.32. The van der Waals surface area contributed by atoms with E-state index in [1.807, 2.05) is 0 Å². The van der Waals surface area contributed by atoms with E-state index in [1.54, 1.807) is 0 Å². The summed E-state index contributed by atoms with van der Waals surface area (Å²) in [6.45, 7) is 17.4. The summed E-state index contributed by atoms with van der Waals surface area (Å²) in [5, 5.41) is 12.6. The monoisotopic (exact) mass is 397 g/mol. The van der Waals surface area contributed by atoms with Crippen LogP contribution in [-0.2, 0) is 14.3 Å². The number of hydrogen-bond donors (Lipinski definition) is 2. The van der Waals surface area contributed by atoms with Crippen molar-refractivity contribution in [3.8, 4) is 0 Å². The van der Waals surface area contributed by atoms with Crippen molar-refractivity contribution in [2.24, 2.45) is 16.7 Å². The Morgan fingerprint density at radius 2 is 1.68 bits per heavy atom. The lowest BCUT2D eigenvalue weighted by Crippen LogP contribution is -2.38. The average Bonchev–Trinajstić information content (AvgIpc) is 2.70. The van der Waals surface area contributed by atoms with Crippen LogP contribution in [0.15, 0.2) is 12.7 Å². The van der Waals surface area contributed by atoms with Crippen molar-refractivity contribution in [2.45, 2.75) is 92.6 Å². The van der Waals surface area contributed by atoms with Crippen LogP contribution < -0.4 is 5.32 Å². The lowest BCUT2D eigenvalue weighted by Gasteiger charge is -2.39. The maximum atomic E-state index is 12.0. The van der Waals surface area contributed by atoms with Crippen LogP contribution in [0.5, 0.6) is 0 Å². The molecule has 0 aliphatic rings. The third-order valence-corrected chi connectivity index (χ3v) is 6.81. The molecule has 0 rings (SSSR count). The molecule has 1 amide bonds. The first-order valence-electron chi connectivity index (χ1n) is 10.9. The molecule has 0 fully saturated rings. The highest BCUT2D eigenvalue weighted by Crippen LogP contribution is 2.40. The molecule has 0 aromatic heterocycles. The normalized spacial score (nSPS) is 14.4. The first-order valence-corrected chi connectivity index (χ1v) is 10.9. The minimum atomic E-state index is -0.727. The molecule has 0 saturated carbocycles. The first-order chi connectivity index (χ1) is 13.1. The second-order valence-electron chi connectivity index (χ2n) is 8.56. The number of carbonyl (C=O) groups excluding carboxylic acids is 1. The summed E-state index contributed by atoms with van der Waals surface area (Å²) >= 11 is 0. The van der Waals surface area contributed by atoms with Gasteiger partial charge in [-0.1, -0.05) is 61.0 Å². The number of carbonyl (C=O) groups is 2. The topological polar surface area (TPSA) is 75.6 Å². The van der Waals surface area contributed by atoms with Crippen molar-refractivity contribution < 1.29 is 19.4 Å². The zero-order valence-electron chi connectivity index (χ0n) is 19.0. The number of rotatable bonds is 16. The molecule has 0 aliphatic carbocycles. The number of nitrogens with one attached hydrogen (secondary N) is 1. The summed E-state index contributed by atoms with van der Waals surface area (Å²) < 4.78 is 6.23. The Balaban J connectivity index is 5.14. The quantitative estimate of drug-likeness (QED) is 0.277. The SMILES string of the molecule is C=CC(=O)NCCCOC(CC(CC(C)(CC)CC)C(=O)O)C(C)(CC)CC. The van der Waals surface area contributed by atoms with Crippen molar-refractivity contribution >= 4 is 11.9 Å². The molecule has 0 radical (unpaired) electrons. The van der Waals surface area contributed by atoms with Gasteiger partial charge in [-0.05, 0) is 49.0 Å². The van der Waals surface area contributed by atoms with Crippen molar-refractivity contribution in [3.63, 3.8) is 0 Å². The number of carboxylic acids is 1. The van der Waals surface area contributed by atoms with Crippen LogP contribution >= 0.6 is 0 Å². The number of ether oxygens (including phenoxy) is 1. The van der Waals surface area contributed by atoms with Gasteiger partial charge in [-0.25, -0.2) is 0 Å². The maximum Gasteiger partial charge on any atom is 0.306 e. The van der Waals surface area contributed by atoms with Gasteiger partial charge in [0, 0.05) is 13.2 Å². The van der Waals surface area contributed by atoms with Gasteiger partial charge < -0.3 is 15.2 Å². The standard InChI is InChI=1S/C23H43NO4/c1-8-20(25)24-14-13-15-28-19(23(7,11-4)12-5)16-18(21(26)27)17-22(6,9-2)10-3/h8,18-19H,1,9-17H2,2-7H3,(H,24,25)(H,26,27). The molecule has 0 bridgehead atoms. The summed E-state index contributed by atoms with van der Waals surface area (Å²) in [6.07, 6.45) is 6.86.